The minimum Gasteiger partial charge on any atom is -0.493 e. The van der Waals surface area contributed by atoms with Crippen molar-refractivity contribution in [3.05, 3.63) is 23.3 Å². The third-order valence-corrected chi connectivity index (χ3v) is 2.66. The maximum atomic E-state index is 10.7. The Morgan fingerprint density at radius 2 is 2.06 bits per heavy atom. The Morgan fingerprint density at radius 3 is 2.53 bits per heavy atom. The van der Waals surface area contributed by atoms with Crippen molar-refractivity contribution in [3.63, 3.8) is 0 Å². The molecule has 0 radical (unpaired) electrons. The topological polar surface area (TPSA) is 81.8 Å². The summed E-state index contributed by atoms with van der Waals surface area (Å²) in [6.07, 6.45) is 0.265. The molecule has 17 heavy (non-hydrogen) atoms. The molecule has 1 aromatic carbocycles. The van der Waals surface area contributed by atoms with Crippen LogP contribution in [0, 0.1) is 6.92 Å². The van der Waals surface area contributed by atoms with Crippen molar-refractivity contribution < 1.29 is 19.4 Å². The van der Waals surface area contributed by atoms with Crippen molar-refractivity contribution in [2.45, 2.75) is 19.4 Å². The number of aliphatic carboxylic acids is 1. The molecular weight excluding hydrogens is 222 g/mol. The quantitative estimate of drug-likeness (QED) is 0.800. The number of benzene rings is 1. The van der Waals surface area contributed by atoms with E-state index < -0.39 is 12.0 Å². The van der Waals surface area contributed by atoms with Crippen molar-refractivity contribution in [2.75, 3.05) is 14.2 Å². The summed E-state index contributed by atoms with van der Waals surface area (Å²) in [5, 5.41) is 8.78. The molecule has 5 nitrogen and oxygen atoms in total. The molecule has 0 spiro atoms. The van der Waals surface area contributed by atoms with E-state index in [2.05, 4.69) is 0 Å². The Kier molecular flexibility index (Phi) is 4.34. The van der Waals surface area contributed by atoms with Gasteiger partial charge in [0.1, 0.15) is 6.04 Å². The average molecular weight is 239 g/mol. The fraction of sp³-hybridized carbons (Fsp3) is 0.417. The number of methoxy groups -OCH3 is 2. The van der Waals surface area contributed by atoms with Crippen LogP contribution in [0.4, 0.5) is 0 Å². The monoisotopic (exact) mass is 239 g/mol. The van der Waals surface area contributed by atoms with Crippen molar-refractivity contribution in [1.29, 1.82) is 0 Å². The number of carbonyl (C=O) groups is 1. The third kappa shape index (κ3) is 2.88. The normalized spacial score (nSPS) is 12.0. The van der Waals surface area contributed by atoms with Gasteiger partial charge in [-0.1, -0.05) is 6.07 Å². The van der Waals surface area contributed by atoms with E-state index in [1.54, 1.807) is 26.4 Å². The second kappa shape index (κ2) is 5.54. The Hall–Kier alpha value is -1.75. The van der Waals surface area contributed by atoms with E-state index in [-0.39, 0.29) is 6.42 Å². The standard InChI is InChI=1S/C12H17NO4/c1-7-8(6-9(13)12(14)15)4-5-10(16-2)11(7)17-3/h4-5,9H,6,13H2,1-3H3,(H,14,15). The molecule has 0 heterocycles. The molecule has 0 fully saturated rings. The number of ether oxygens (including phenoxy) is 2. The molecule has 0 amide bonds. The van der Waals surface area contributed by atoms with Crippen LogP contribution in [-0.2, 0) is 11.2 Å². The summed E-state index contributed by atoms with van der Waals surface area (Å²) < 4.78 is 10.4. The van der Waals surface area contributed by atoms with Gasteiger partial charge in [-0.3, -0.25) is 4.79 Å². The largest absolute Gasteiger partial charge is 0.493 e. The van der Waals surface area contributed by atoms with Crippen LogP contribution in [0.15, 0.2) is 12.1 Å². The maximum Gasteiger partial charge on any atom is 0.320 e. The van der Waals surface area contributed by atoms with Crippen molar-refractivity contribution in [2.24, 2.45) is 5.73 Å². The van der Waals surface area contributed by atoms with E-state index >= 15 is 0 Å². The van der Waals surface area contributed by atoms with Gasteiger partial charge in [-0.2, -0.15) is 0 Å². The highest BCUT2D eigenvalue weighted by Crippen LogP contribution is 2.33. The first kappa shape index (κ1) is 13.3. The van der Waals surface area contributed by atoms with Crippen LogP contribution >= 0.6 is 0 Å². The van der Waals surface area contributed by atoms with E-state index in [1.165, 1.54) is 0 Å². The smallest absolute Gasteiger partial charge is 0.320 e. The van der Waals surface area contributed by atoms with Crippen LogP contribution in [0.25, 0.3) is 0 Å². The van der Waals surface area contributed by atoms with E-state index in [9.17, 15) is 4.79 Å². The molecular formula is C12H17NO4. The zero-order valence-electron chi connectivity index (χ0n) is 10.2. The fourth-order valence-electron chi connectivity index (χ4n) is 1.67. The van der Waals surface area contributed by atoms with Gasteiger partial charge in [0.05, 0.1) is 14.2 Å². The first-order valence-corrected chi connectivity index (χ1v) is 5.20. The highest BCUT2D eigenvalue weighted by Gasteiger charge is 2.17. The average Bonchev–Trinajstić information content (AvgIpc) is 2.31. The summed E-state index contributed by atoms with van der Waals surface area (Å²) in [5.74, 6) is 0.222. The Morgan fingerprint density at radius 1 is 1.41 bits per heavy atom. The van der Waals surface area contributed by atoms with Crippen molar-refractivity contribution in [3.8, 4) is 11.5 Å². The molecule has 0 aliphatic heterocycles. The SMILES string of the molecule is COc1ccc(CC(N)C(=O)O)c(C)c1OC. The lowest BCUT2D eigenvalue weighted by molar-refractivity contribution is -0.138. The van der Waals surface area contributed by atoms with E-state index in [1.807, 2.05) is 6.92 Å². The summed E-state index contributed by atoms with van der Waals surface area (Å²) in [5.41, 5.74) is 7.20. The van der Waals surface area contributed by atoms with Crippen LogP contribution in [0.5, 0.6) is 11.5 Å². The van der Waals surface area contributed by atoms with Gasteiger partial charge in [-0.25, -0.2) is 0 Å². The predicted octanol–water partition coefficient (Wildman–Crippen LogP) is 0.967. The summed E-state index contributed by atoms with van der Waals surface area (Å²) in [7, 11) is 3.10. The second-order valence-electron chi connectivity index (χ2n) is 3.73. The highest BCUT2D eigenvalue weighted by molar-refractivity contribution is 5.73. The molecule has 1 rings (SSSR count). The third-order valence-electron chi connectivity index (χ3n) is 2.66. The molecule has 0 bridgehead atoms. The summed E-state index contributed by atoms with van der Waals surface area (Å²) in [6.45, 7) is 1.85. The second-order valence-corrected chi connectivity index (χ2v) is 3.73. The van der Waals surface area contributed by atoms with Gasteiger partial charge >= 0.3 is 5.97 Å². The lowest BCUT2D eigenvalue weighted by Crippen LogP contribution is -2.32. The van der Waals surface area contributed by atoms with Crippen LogP contribution in [0.1, 0.15) is 11.1 Å². The van der Waals surface area contributed by atoms with Gasteiger partial charge in [-0.15, -0.1) is 0 Å². The first-order chi connectivity index (χ1) is 8.01. The van der Waals surface area contributed by atoms with Gasteiger partial charge < -0.3 is 20.3 Å². The predicted molar refractivity (Wildman–Crippen MR) is 63.6 cm³/mol. The minimum absolute atomic E-state index is 0.265. The number of carboxylic acid groups (broad SMARTS) is 1. The van der Waals surface area contributed by atoms with Gasteiger partial charge in [0, 0.05) is 0 Å². The molecule has 94 valence electrons. The maximum absolute atomic E-state index is 10.7. The van der Waals surface area contributed by atoms with Gasteiger partial charge in [-0.05, 0) is 30.5 Å². The van der Waals surface area contributed by atoms with E-state index in [4.69, 9.17) is 20.3 Å². The zero-order chi connectivity index (χ0) is 13.0. The van der Waals surface area contributed by atoms with E-state index in [0.717, 1.165) is 11.1 Å². The first-order valence-electron chi connectivity index (χ1n) is 5.20. The molecule has 0 saturated heterocycles. The minimum atomic E-state index is -1.01. The van der Waals surface area contributed by atoms with Crippen LogP contribution in [-0.4, -0.2) is 31.3 Å². The number of nitrogens with two attached hydrogens (primary N) is 1. The molecule has 0 saturated carbocycles. The Balaban J connectivity index is 3.06. The van der Waals surface area contributed by atoms with E-state index in [0.29, 0.717) is 11.5 Å². The van der Waals surface area contributed by atoms with Gasteiger partial charge in [0.15, 0.2) is 11.5 Å². The molecule has 0 aromatic heterocycles. The summed E-state index contributed by atoms with van der Waals surface area (Å²) >= 11 is 0. The van der Waals surface area contributed by atoms with Crippen LogP contribution < -0.4 is 15.2 Å². The lowest BCUT2D eigenvalue weighted by Gasteiger charge is -2.15. The fourth-order valence-corrected chi connectivity index (χ4v) is 1.67. The number of rotatable bonds is 5. The molecule has 3 N–H and O–H groups in total. The molecule has 0 aliphatic carbocycles. The highest BCUT2D eigenvalue weighted by atomic mass is 16.5. The van der Waals surface area contributed by atoms with Crippen molar-refractivity contribution in [1.82, 2.24) is 0 Å². The lowest BCUT2D eigenvalue weighted by atomic mass is 10.0. The number of carboxylic acids is 1. The van der Waals surface area contributed by atoms with Gasteiger partial charge in [0.2, 0.25) is 0 Å². The zero-order valence-corrected chi connectivity index (χ0v) is 10.2. The van der Waals surface area contributed by atoms with Gasteiger partial charge in [0.25, 0.3) is 0 Å². The van der Waals surface area contributed by atoms with Crippen LogP contribution in [0.2, 0.25) is 0 Å². The molecule has 0 aliphatic rings. The summed E-state index contributed by atoms with van der Waals surface area (Å²) in [6, 6.07) is 2.64. The number of hydrogen-bond donors (Lipinski definition) is 2. The molecule has 1 aromatic rings. The Bertz CT molecular complexity index is 417. The molecule has 1 atom stereocenters. The summed E-state index contributed by atoms with van der Waals surface area (Å²) in [4.78, 5) is 10.7. The Labute approximate surface area is 100 Å². The molecule has 1 unspecified atom stereocenters. The van der Waals surface area contributed by atoms with Crippen LogP contribution in [0.3, 0.4) is 0 Å². The van der Waals surface area contributed by atoms with Crippen molar-refractivity contribution >= 4 is 5.97 Å². The number of hydrogen-bond acceptors (Lipinski definition) is 4. The molecule has 5 heteroatoms.